The van der Waals surface area contributed by atoms with Crippen molar-refractivity contribution in [2.24, 2.45) is 0 Å². The summed E-state index contributed by atoms with van der Waals surface area (Å²) in [6.45, 7) is 4.83. The minimum atomic E-state index is -2.28. The van der Waals surface area contributed by atoms with Gasteiger partial charge in [-0.25, -0.2) is 14.6 Å². The lowest BCUT2D eigenvalue weighted by Gasteiger charge is -2.12. The van der Waals surface area contributed by atoms with Crippen LogP contribution in [-0.2, 0) is 16.6 Å². The molecule has 3 N–H and O–H groups in total. The van der Waals surface area contributed by atoms with Crippen LogP contribution in [0.3, 0.4) is 0 Å². The van der Waals surface area contributed by atoms with Crippen molar-refractivity contribution in [1.29, 1.82) is 0 Å². The number of fused-ring (bicyclic) bond motifs is 1. The molecule has 9 heteroatoms. The van der Waals surface area contributed by atoms with Gasteiger partial charge in [-0.3, -0.25) is 4.79 Å². The van der Waals surface area contributed by atoms with Crippen molar-refractivity contribution in [3.63, 3.8) is 0 Å². The molecule has 3 heterocycles. The number of benzene rings is 1. The van der Waals surface area contributed by atoms with Crippen LogP contribution in [0.15, 0.2) is 41.2 Å². The van der Waals surface area contributed by atoms with E-state index in [2.05, 4.69) is 20.4 Å². The van der Waals surface area contributed by atoms with E-state index in [4.69, 9.17) is 19.5 Å². The van der Waals surface area contributed by atoms with Crippen molar-refractivity contribution >= 4 is 28.6 Å². The van der Waals surface area contributed by atoms with E-state index in [9.17, 15) is 4.79 Å². The van der Waals surface area contributed by atoms with Crippen LogP contribution >= 0.6 is 0 Å². The lowest BCUT2D eigenvalue weighted by atomic mass is 9.93. The topological polar surface area (TPSA) is 125 Å². The smallest absolute Gasteiger partial charge is 0.230 e. The highest BCUT2D eigenvalue weighted by molar-refractivity contribution is 5.98. The molecule has 0 saturated carbocycles. The largest absolute Gasteiger partial charge is 0.383 e. The fraction of sp³-hybridized carbons (Fsp3) is 0.348. The molecule has 3 aromatic heterocycles. The Morgan fingerprint density at radius 2 is 2.03 bits per heavy atom. The second kappa shape index (κ2) is 8.07. The number of nitrogen functional groups attached to an aromatic ring is 1. The molecular formula is C23H27N7O2. The molecule has 0 atom stereocenters. The van der Waals surface area contributed by atoms with Crippen LogP contribution < -0.4 is 11.1 Å². The molecule has 4 aromatic rings. The van der Waals surface area contributed by atoms with Gasteiger partial charge in [0.1, 0.15) is 23.6 Å². The Hall–Kier alpha value is -3.75. The van der Waals surface area contributed by atoms with Gasteiger partial charge in [0.25, 0.3) is 0 Å². The molecule has 9 nitrogen and oxygen atoms in total. The molecule has 32 heavy (non-hydrogen) atoms. The standard InChI is InChI=1S/C23H27N7O2/c1-13(2)30-22-19(21(24)25-12-26-22)20(28-30)15-8-6-14(7-9-15)10-18(31)27-17-11-16(32-29-17)23(3,4)5/h6-9,11-13H,10H2,1-5H3,(H2,24,25,26)(H,27,29,31)/i3D3. The number of anilines is 2. The van der Waals surface area contributed by atoms with Gasteiger partial charge >= 0.3 is 0 Å². The maximum atomic E-state index is 12.5. The minimum absolute atomic E-state index is 0.0888. The van der Waals surface area contributed by atoms with Crippen LogP contribution in [0.4, 0.5) is 11.6 Å². The fourth-order valence-corrected chi connectivity index (χ4v) is 3.34. The number of amides is 1. The number of aromatic nitrogens is 5. The summed E-state index contributed by atoms with van der Waals surface area (Å²) in [7, 11) is 0. The van der Waals surface area contributed by atoms with Gasteiger partial charge < -0.3 is 15.6 Å². The lowest BCUT2D eigenvalue weighted by Crippen LogP contribution is -2.14. The molecule has 0 bridgehead atoms. The third-order valence-corrected chi connectivity index (χ3v) is 4.99. The van der Waals surface area contributed by atoms with E-state index < -0.39 is 12.3 Å². The predicted molar refractivity (Wildman–Crippen MR) is 123 cm³/mol. The second-order valence-electron chi connectivity index (χ2n) is 8.47. The normalized spacial score (nSPS) is 13.7. The van der Waals surface area contributed by atoms with E-state index in [1.54, 1.807) is 13.8 Å². The Balaban J connectivity index is 1.50. The molecule has 166 valence electrons. The molecule has 1 amide bonds. The van der Waals surface area contributed by atoms with Crippen molar-refractivity contribution < 1.29 is 13.4 Å². The van der Waals surface area contributed by atoms with Crippen LogP contribution in [-0.4, -0.2) is 30.8 Å². The molecule has 0 aliphatic heterocycles. The van der Waals surface area contributed by atoms with E-state index in [1.807, 2.05) is 42.8 Å². The van der Waals surface area contributed by atoms with Crippen LogP contribution in [0.2, 0.25) is 0 Å². The summed E-state index contributed by atoms with van der Waals surface area (Å²) in [5, 5.41) is 11.8. The Labute approximate surface area is 190 Å². The Kier molecular flexibility index (Phi) is 4.51. The first-order valence-electron chi connectivity index (χ1n) is 11.7. The summed E-state index contributed by atoms with van der Waals surface area (Å²) in [4.78, 5) is 21.0. The van der Waals surface area contributed by atoms with Gasteiger partial charge in [0, 0.05) is 27.2 Å². The van der Waals surface area contributed by atoms with Crippen molar-refractivity contribution in [1.82, 2.24) is 24.9 Å². The first-order valence-corrected chi connectivity index (χ1v) is 10.2. The van der Waals surface area contributed by atoms with Gasteiger partial charge in [-0.15, -0.1) is 0 Å². The molecule has 0 spiro atoms. The van der Waals surface area contributed by atoms with Crippen molar-refractivity contribution in [3.05, 3.63) is 48.0 Å². The van der Waals surface area contributed by atoms with Crippen LogP contribution in [0.5, 0.6) is 0 Å². The fourth-order valence-electron chi connectivity index (χ4n) is 3.34. The predicted octanol–water partition coefficient (Wildman–Crippen LogP) is 4.12. The number of rotatable bonds is 5. The van der Waals surface area contributed by atoms with Gasteiger partial charge in [-0.1, -0.05) is 50.1 Å². The minimum Gasteiger partial charge on any atom is -0.383 e. The number of nitrogens with one attached hydrogen (secondary N) is 1. The quantitative estimate of drug-likeness (QED) is 0.482. The van der Waals surface area contributed by atoms with Crippen molar-refractivity contribution in [2.75, 3.05) is 11.1 Å². The van der Waals surface area contributed by atoms with E-state index in [0.717, 1.165) is 11.1 Å². The average molecular weight is 437 g/mol. The Bertz CT molecular complexity index is 1370. The van der Waals surface area contributed by atoms with E-state index in [1.165, 1.54) is 12.4 Å². The third-order valence-electron chi connectivity index (χ3n) is 4.99. The Morgan fingerprint density at radius 3 is 2.72 bits per heavy atom. The maximum Gasteiger partial charge on any atom is 0.230 e. The average Bonchev–Trinajstić information content (AvgIpc) is 3.39. The SMILES string of the molecule is [2H]C([2H])([2H])C(C)(C)c1cc(NC(=O)Cc2ccc(-c3nn(C(C)C)c4ncnc(N)c34)cc2)no1. The summed E-state index contributed by atoms with van der Waals surface area (Å²) in [5.74, 6) is 0.388. The first kappa shape index (κ1) is 17.9. The number of hydrogen-bond donors (Lipinski definition) is 2. The second-order valence-corrected chi connectivity index (χ2v) is 8.47. The summed E-state index contributed by atoms with van der Waals surface area (Å²) in [6, 6.07) is 8.94. The van der Waals surface area contributed by atoms with Gasteiger partial charge in [0.05, 0.1) is 11.8 Å². The van der Waals surface area contributed by atoms with Crippen molar-refractivity contribution in [3.8, 4) is 11.3 Å². The number of carbonyl (C=O) groups excluding carboxylic acids is 1. The molecule has 0 aliphatic rings. The molecule has 0 saturated heterocycles. The molecule has 0 unspecified atom stereocenters. The monoisotopic (exact) mass is 436 g/mol. The highest BCUT2D eigenvalue weighted by Crippen LogP contribution is 2.31. The van der Waals surface area contributed by atoms with Gasteiger partial charge in [-0.05, 0) is 19.4 Å². The number of nitrogens with zero attached hydrogens (tertiary/aromatic N) is 5. The zero-order chi connectivity index (χ0) is 25.5. The van der Waals surface area contributed by atoms with E-state index in [-0.39, 0.29) is 29.9 Å². The molecule has 0 aliphatic carbocycles. The lowest BCUT2D eigenvalue weighted by molar-refractivity contribution is -0.115. The zero-order valence-corrected chi connectivity index (χ0v) is 18.4. The highest BCUT2D eigenvalue weighted by Gasteiger charge is 2.21. The van der Waals surface area contributed by atoms with Gasteiger partial charge in [0.15, 0.2) is 11.5 Å². The molecular weight excluding hydrogens is 406 g/mol. The van der Waals surface area contributed by atoms with Crippen LogP contribution in [0, 0.1) is 0 Å². The highest BCUT2D eigenvalue weighted by atomic mass is 16.5. The Morgan fingerprint density at radius 1 is 1.28 bits per heavy atom. The summed E-state index contributed by atoms with van der Waals surface area (Å²) >= 11 is 0. The number of hydrogen-bond acceptors (Lipinski definition) is 7. The van der Waals surface area contributed by atoms with E-state index >= 15 is 0 Å². The maximum absolute atomic E-state index is 12.5. The number of nitrogens with two attached hydrogens (primary N) is 1. The summed E-state index contributed by atoms with van der Waals surface area (Å²) in [6.07, 6.45) is 1.52. The molecule has 0 radical (unpaired) electrons. The van der Waals surface area contributed by atoms with E-state index in [0.29, 0.717) is 22.5 Å². The number of carbonyl (C=O) groups is 1. The summed E-state index contributed by atoms with van der Waals surface area (Å²) in [5.41, 5.74) is 7.83. The third kappa shape index (κ3) is 4.18. The first-order chi connectivity index (χ1) is 16.4. The van der Waals surface area contributed by atoms with Crippen LogP contribution in [0.25, 0.3) is 22.3 Å². The summed E-state index contributed by atoms with van der Waals surface area (Å²) < 4.78 is 30.0. The van der Waals surface area contributed by atoms with Gasteiger partial charge in [0.2, 0.25) is 5.91 Å². The molecule has 1 aromatic carbocycles. The zero-order valence-electron chi connectivity index (χ0n) is 21.4. The van der Waals surface area contributed by atoms with Crippen LogP contribution in [0.1, 0.15) is 56.0 Å². The van der Waals surface area contributed by atoms with Crippen molar-refractivity contribution in [2.45, 2.75) is 52.4 Å². The molecule has 0 fully saturated rings. The van der Waals surface area contributed by atoms with Gasteiger partial charge in [-0.2, -0.15) is 5.10 Å². The molecule has 4 rings (SSSR count).